The molecule has 0 saturated heterocycles. The summed E-state index contributed by atoms with van der Waals surface area (Å²) < 4.78 is 43.7. The molecule has 27 heavy (non-hydrogen) atoms. The summed E-state index contributed by atoms with van der Waals surface area (Å²) in [5.74, 6) is 0.0108. The molecule has 0 amide bonds. The molecule has 144 valence electrons. The zero-order valence-corrected chi connectivity index (χ0v) is 15.8. The van der Waals surface area contributed by atoms with Crippen molar-refractivity contribution in [3.8, 4) is 17.2 Å². The molecule has 2 N–H and O–H groups in total. The predicted molar refractivity (Wildman–Crippen MR) is 97.6 cm³/mol. The van der Waals surface area contributed by atoms with Gasteiger partial charge >= 0.3 is 5.97 Å². The third kappa shape index (κ3) is 4.37. The standard InChI is InChI=1S/C17H16ClNO7S/c1-10-6-11(2-3-14(10)26-9-17(20)21)27(22,23)19-13-8-16-15(7-12(13)18)24-4-5-25-16/h2-3,6-8,19H,4-5,9H2,1H3,(H,20,21). The van der Waals surface area contributed by atoms with Crippen molar-refractivity contribution in [2.45, 2.75) is 11.8 Å². The van der Waals surface area contributed by atoms with Gasteiger partial charge in [-0.2, -0.15) is 0 Å². The monoisotopic (exact) mass is 413 g/mol. The van der Waals surface area contributed by atoms with E-state index in [4.69, 9.17) is 30.9 Å². The zero-order chi connectivity index (χ0) is 19.6. The smallest absolute Gasteiger partial charge is 0.341 e. The quantitative estimate of drug-likeness (QED) is 0.748. The summed E-state index contributed by atoms with van der Waals surface area (Å²) >= 11 is 6.14. The van der Waals surface area contributed by atoms with Gasteiger partial charge in [-0.05, 0) is 30.7 Å². The number of rotatable bonds is 6. The van der Waals surface area contributed by atoms with Gasteiger partial charge in [-0.1, -0.05) is 11.6 Å². The molecule has 0 atom stereocenters. The number of carboxylic acids is 1. The van der Waals surface area contributed by atoms with Gasteiger partial charge in [0.2, 0.25) is 0 Å². The highest BCUT2D eigenvalue weighted by Crippen LogP contribution is 2.38. The molecule has 0 unspecified atom stereocenters. The Bertz CT molecular complexity index is 991. The molecular weight excluding hydrogens is 398 g/mol. The molecule has 0 aliphatic carbocycles. The van der Waals surface area contributed by atoms with E-state index in [0.717, 1.165) is 0 Å². The Morgan fingerprint density at radius 1 is 1.22 bits per heavy atom. The number of carbonyl (C=O) groups is 1. The van der Waals surface area contributed by atoms with Gasteiger partial charge in [0.15, 0.2) is 18.1 Å². The van der Waals surface area contributed by atoms with Crippen molar-refractivity contribution < 1.29 is 32.5 Å². The fraction of sp³-hybridized carbons (Fsp3) is 0.235. The summed E-state index contributed by atoms with van der Waals surface area (Å²) in [5, 5.41) is 8.83. The first kappa shape index (κ1) is 19.1. The van der Waals surface area contributed by atoms with Gasteiger partial charge in [0.05, 0.1) is 15.6 Å². The van der Waals surface area contributed by atoms with Crippen LogP contribution in [-0.2, 0) is 14.8 Å². The van der Waals surface area contributed by atoms with Crippen LogP contribution in [0.2, 0.25) is 5.02 Å². The number of benzene rings is 2. The molecular formula is C17H16ClNO7S. The van der Waals surface area contributed by atoms with E-state index >= 15 is 0 Å². The van der Waals surface area contributed by atoms with E-state index in [9.17, 15) is 13.2 Å². The van der Waals surface area contributed by atoms with Crippen LogP contribution in [0, 0.1) is 6.92 Å². The van der Waals surface area contributed by atoms with E-state index in [1.807, 2.05) is 0 Å². The minimum atomic E-state index is -3.94. The van der Waals surface area contributed by atoms with Gasteiger partial charge in [0.1, 0.15) is 19.0 Å². The Labute approximate surface area is 160 Å². The van der Waals surface area contributed by atoms with Crippen LogP contribution < -0.4 is 18.9 Å². The maximum Gasteiger partial charge on any atom is 0.341 e. The average Bonchev–Trinajstić information content (AvgIpc) is 2.61. The van der Waals surface area contributed by atoms with E-state index < -0.39 is 22.6 Å². The van der Waals surface area contributed by atoms with E-state index in [2.05, 4.69) is 4.72 Å². The highest BCUT2D eigenvalue weighted by atomic mass is 35.5. The fourth-order valence-electron chi connectivity index (χ4n) is 2.44. The van der Waals surface area contributed by atoms with Crippen LogP contribution in [0.5, 0.6) is 17.2 Å². The molecule has 1 aliphatic heterocycles. The number of carboxylic acid groups (broad SMARTS) is 1. The normalized spacial score (nSPS) is 13.1. The molecule has 1 aliphatic rings. The van der Waals surface area contributed by atoms with Crippen LogP contribution >= 0.6 is 11.6 Å². The van der Waals surface area contributed by atoms with Crippen molar-refractivity contribution in [2.24, 2.45) is 0 Å². The first-order valence-electron chi connectivity index (χ1n) is 7.83. The summed E-state index contributed by atoms with van der Waals surface area (Å²) in [4.78, 5) is 10.6. The van der Waals surface area contributed by atoms with Crippen molar-refractivity contribution in [3.63, 3.8) is 0 Å². The Hall–Kier alpha value is -2.65. The van der Waals surface area contributed by atoms with Crippen molar-refractivity contribution in [2.75, 3.05) is 24.5 Å². The third-order valence-electron chi connectivity index (χ3n) is 3.68. The summed E-state index contributed by atoms with van der Waals surface area (Å²) in [6.45, 7) is 1.85. The summed E-state index contributed by atoms with van der Waals surface area (Å²) in [5.41, 5.74) is 0.636. The summed E-state index contributed by atoms with van der Waals surface area (Å²) in [6, 6.07) is 7.05. The lowest BCUT2D eigenvalue weighted by Crippen LogP contribution is -2.17. The molecule has 3 rings (SSSR count). The maximum absolute atomic E-state index is 12.7. The highest BCUT2D eigenvalue weighted by molar-refractivity contribution is 7.92. The number of aliphatic carboxylic acids is 1. The van der Waals surface area contributed by atoms with Crippen LogP contribution in [0.25, 0.3) is 0 Å². The number of anilines is 1. The minimum absolute atomic E-state index is 0.0198. The van der Waals surface area contributed by atoms with E-state index in [-0.39, 0.29) is 21.4 Å². The molecule has 2 aromatic rings. The molecule has 0 fully saturated rings. The van der Waals surface area contributed by atoms with Crippen LogP contribution in [0.1, 0.15) is 5.56 Å². The first-order valence-corrected chi connectivity index (χ1v) is 9.69. The van der Waals surface area contributed by atoms with Crippen molar-refractivity contribution in [1.29, 1.82) is 0 Å². The lowest BCUT2D eigenvalue weighted by molar-refractivity contribution is -0.139. The molecule has 2 aromatic carbocycles. The van der Waals surface area contributed by atoms with Crippen molar-refractivity contribution in [3.05, 3.63) is 40.9 Å². The van der Waals surface area contributed by atoms with E-state index in [1.165, 1.54) is 30.3 Å². The third-order valence-corrected chi connectivity index (χ3v) is 5.36. The van der Waals surface area contributed by atoms with Gasteiger partial charge in [-0.15, -0.1) is 0 Å². The van der Waals surface area contributed by atoms with Gasteiger partial charge < -0.3 is 19.3 Å². The second-order valence-electron chi connectivity index (χ2n) is 5.69. The number of ether oxygens (including phenoxy) is 3. The number of fused-ring (bicyclic) bond motifs is 1. The number of aryl methyl sites for hydroxylation is 1. The minimum Gasteiger partial charge on any atom is -0.486 e. The molecule has 8 nitrogen and oxygen atoms in total. The second kappa shape index (κ2) is 7.53. The van der Waals surface area contributed by atoms with Crippen molar-refractivity contribution in [1.82, 2.24) is 0 Å². The number of hydrogen-bond donors (Lipinski definition) is 2. The molecule has 0 aromatic heterocycles. The first-order chi connectivity index (χ1) is 12.8. The van der Waals surface area contributed by atoms with E-state index in [0.29, 0.717) is 30.3 Å². The van der Waals surface area contributed by atoms with Crippen LogP contribution in [0.15, 0.2) is 35.2 Å². The van der Waals surface area contributed by atoms with Gasteiger partial charge in [-0.3, -0.25) is 4.72 Å². The Morgan fingerprint density at radius 3 is 2.52 bits per heavy atom. The number of sulfonamides is 1. The lowest BCUT2D eigenvalue weighted by atomic mass is 10.2. The molecule has 0 radical (unpaired) electrons. The molecule has 10 heteroatoms. The Kier molecular flexibility index (Phi) is 5.33. The Morgan fingerprint density at radius 2 is 1.89 bits per heavy atom. The molecule has 0 saturated carbocycles. The number of hydrogen-bond acceptors (Lipinski definition) is 6. The molecule has 0 spiro atoms. The van der Waals surface area contributed by atoms with Gasteiger partial charge in [0.25, 0.3) is 10.0 Å². The van der Waals surface area contributed by atoms with Gasteiger partial charge in [-0.25, -0.2) is 13.2 Å². The highest BCUT2D eigenvalue weighted by Gasteiger charge is 2.21. The summed E-state index contributed by atoms with van der Waals surface area (Å²) in [6.07, 6.45) is 0. The molecule has 1 heterocycles. The Balaban J connectivity index is 1.85. The fourth-order valence-corrected chi connectivity index (χ4v) is 3.85. The average molecular weight is 414 g/mol. The second-order valence-corrected chi connectivity index (χ2v) is 7.78. The number of nitrogens with one attached hydrogen (secondary N) is 1. The number of halogens is 1. The SMILES string of the molecule is Cc1cc(S(=O)(=O)Nc2cc3c(cc2Cl)OCCO3)ccc1OCC(=O)O. The zero-order valence-electron chi connectivity index (χ0n) is 14.2. The van der Waals surface area contributed by atoms with Gasteiger partial charge in [0, 0.05) is 12.1 Å². The maximum atomic E-state index is 12.7. The topological polar surface area (TPSA) is 111 Å². The molecule has 0 bridgehead atoms. The summed E-state index contributed by atoms with van der Waals surface area (Å²) in [7, 11) is -3.94. The van der Waals surface area contributed by atoms with Crippen LogP contribution in [-0.4, -0.2) is 39.3 Å². The predicted octanol–water partition coefficient (Wildman–Crippen LogP) is 2.68. The van der Waals surface area contributed by atoms with E-state index in [1.54, 1.807) is 6.92 Å². The van der Waals surface area contributed by atoms with Crippen LogP contribution in [0.3, 0.4) is 0 Å². The largest absolute Gasteiger partial charge is 0.486 e. The lowest BCUT2D eigenvalue weighted by Gasteiger charge is -2.20. The van der Waals surface area contributed by atoms with Crippen LogP contribution in [0.4, 0.5) is 5.69 Å². The van der Waals surface area contributed by atoms with Crippen molar-refractivity contribution >= 4 is 33.3 Å².